The Morgan fingerprint density at radius 2 is 0.359 bits per heavy atom. The Bertz CT molecular complexity index is 8150. The lowest BCUT2D eigenvalue weighted by molar-refractivity contribution is 0.669. The zero-order valence-corrected chi connectivity index (χ0v) is 63.6. The van der Waals surface area contributed by atoms with Crippen LogP contribution in [0.25, 0.3) is 241 Å². The second-order valence-corrected chi connectivity index (χ2v) is 30.7. The highest BCUT2D eigenvalue weighted by Crippen LogP contribution is 2.51. The highest BCUT2D eigenvalue weighted by atomic mass is 16.3. The van der Waals surface area contributed by atoms with Crippen LogP contribution in [0.1, 0.15) is 0 Å². The predicted octanol–water partition coefficient (Wildman–Crippen LogP) is 32.8. The minimum absolute atomic E-state index is 0.922. The molecule has 0 aliphatic rings. The Kier molecular flexibility index (Phi) is 16.0. The lowest BCUT2D eigenvalue weighted by atomic mass is 9.85. The summed E-state index contributed by atoms with van der Waals surface area (Å²) in [5.74, 6) is 0. The number of furan rings is 3. The van der Waals surface area contributed by atoms with Crippen LogP contribution >= 0.6 is 0 Å². The molecule has 0 radical (unpaired) electrons. The van der Waals surface area contributed by atoms with Crippen LogP contribution < -0.4 is 0 Å². The number of fused-ring (bicyclic) bond motifs is 18. The Morgan fingerprint density at radius 1 is 0.120 bits per heavy atom. The van der Waals surface area contributed by atoms with Gasteiger partial charge >= 0.3 is 0 Å². The molecule has 0 saturated carbocycles. The van der Waals surface area contributed by atoms with Gasteiger partial charge in [0.1, 0.15) is 33.5 Å². The molecule has 25 aromatic rings. The molecular formula is C114H70O3. The molecule has 25 rings (SSSR count). The second kappa shape index (κ2) is 27.8. The zero-order valence-electron chi connectivity index (χ0n) is 63.6. The van der Waals surface area contributed by atoms with Gasteiger partial charge in [0.05, 0.1) is 0 Å². The standard InChI is InChI=1S/C42H26O.2C36H22O/c1-2-11-30-26-31(25-20-27(30)10-1)41-36-15-5-3-13-34(36)40(35-14-4-6-16-37(35)41)29-23-21-28(22-24-29)32-17-9-18-38-33-12-7-8-19-39(33)43-42(32)38;1-2-11-24-22-25(21-20-23(24)10-1)34-27-13-3-5-15-29(27)35(30-16-6-4-14-28(30)34)32-18-9-17-31-26-12-7-8-19-33(26)37-36(31)32;1-2-10-24-21-25(18-17-23(24)9-1)35-28-12-3-5-14-30(28)36(31-15-6-4-13-29(31)35)26-19-20-34-32(22-26)27-11-7-8-16-33(27)37-34/h1-26H;2*1-22H. The van der Waals surface area contributed by atoms with Crippen LogP contribution in [0.15, 0.2) is 438 Å². The molecule has 0 aliphatic heterocycles. The maximum absolute atomic E-state index is 6.50. The first-order valence-corrected chi connectivity index (χ1v) is 40.2. The van der Waals surface area contributed by atoms with Gasteiger partial charge in [0, 0.05) is 49.0 Å². The highest BCUT2D eigenvalue weighted by molar-refractivity contribution is 6.27. The minimum atomic E-state index is 0.922. The van der Waals surface area contributed by atoms with Crippen molar-refractivity contribution in [1.29, 1.82) is 0 Å². The van der Waals surface area contributed by atoms with Gasteiger partial charge in [-0.15, -0.1) is 0 Å². The first kappa shape index (κ1) is 67.3. The topological polar surface area (TPSA) is 39.4 Å². The van der Waals surface area contributed by atoms with Gasteiger partial charge in [0.25, 0.3) is 0 Å². The van der Waals surface area contributed by atoms with Crippen LogP contribution in [0.5, 0.6) is 0 Å². The van der Waals surface area contributed by atoms with E-state index in [1.807, 2.05) is 30.3 Å². The van der Waals surface area contributed by atoms with E-state index in [0.29, 0.717) is 0 Å². The fourth-order valence-corrected chi connectivity index (χ4v) is 18.9. The summed E-state index contributed by atoms with van der Waals surface area (Å²) in [4.78, 5) is 0. The van der Waals surface area contributed by atoms with Gasteiger partial charge in [-0.1, -0.05) is 376 Å². The van der Waals surface area contributed by atoms with Crippen molar-refractivity contribution in [2.24, 2.45) is 0 Å². The summed E-state index contributed by atoms with van der Waals surface area (Å²) in [5.41, 5.74) is 22.7. The van der Waals surface area contributed by atoms with E-state index >= 15 is 0 Å². The molecule has 3 nitrogen and oxygen atoms in total. The highest BCUT2D eigenvalue weighted by Gasteiger charge is 2.24. The molecule has 0 unspecified atom stereocenters. The molecule has 3 heterocycles. The van der Waals surface area contributed by atoms with Crippen molar-refractivity contribution in [2.45, 2.75) is 0 Å². The number of benzene rings is 22. The Hall–Kier alpha value is -15.4. The third-order valence-electron chi connectivity index (χ3n) is 24.1. The summed E-state index contributed by atoms with van der Waals surface area (Å²) in [6.07, 6.45) is 0. The fourth-order valence-electron chi connectivity index (χ4n) is 18.9. The van der Waals surface area contributed by atoms with E-state index in [9.17, 15) is 0 Å². The first-order chi connectivity index (χ1) is 58.0. The van der Waals surface area contributed by atoms with Crippen molar-refractivity contribution < 1.29 is 13.3 Å². The van der Waals surface area contributed by atoms with Crippen molar-refractivity contribution in [2.75, 3.05) is 0 Å². The van der Waals surface area contributed by atoms with Crippen molar-refractivity contribution >= 4 is 163 Å². The molecule has 0 aliphatic carbocycles. The van der Waals surface area contributed by atoms with Gasteiger partial charge in [-0.2, -0.15) is 0 Å². The molecule has 544 valence electrons. The minimum Gasteiger partial charge on any atom is -0.456 e. The Balaban J connectivity index is 0.000000104. The van der Waals surface area contributed by atoms with Crippen LogP contribution in [-0.2, 0) is 0 Å². The molecule has 3 heteroatoms. The molecule has 0 saturated heterocycles. The van der Waals surface area contributed by atoms with Gasteiger partial charge < -0.3 is 13.3 Å². The third-order valence-corrected chi connectivity index (χ3v) is 24.1. The quantitative estimate of drug-likeness (QED) is 0.149. The number of hydrogen-bond acceptors (Lipinski definition) is 3. The molecule has 0 spiro atoms. The summed E-state index contributed by atoms with van der Waals surface area (Å²) in [5, 5.41) is 29.5. The van der Waals surface area contributed by atoms with Gasteiger partial charge in [-0.3, -0.25) is 0 Å². The summed E-state index contributed by atoms with van der Waals surface area (Å²) < 4.78 is 19.0. The Morgan fingerprint density at radius 3 is 0.735 bits per heavy atom. The SMILES string of the molecule is c1ccc2cc(-c3c4ccccc4c(-c4ccc(-c5cccc6c5oc5ccccc56)cc4)c4ccccc34)ccc2c1.c1ccc2cc(-c3c4ccccc4c(-c4ccc5oc6ccccc6c5c4)c4ccccc34)ccc2c1.c1ccc2cc(-c3c4ccccc4c(-c4cccc5c4oc4ccccc45)c4ccccc34)ccc2c1. The van der Waals surface area contributed by atoms with E-state index in [2.05, 4.69) is 394 Å². The largest absolute Gasteiger partial charge is 0.456 e. The molecule has 0 atom stereocenters. The maximum Gasteiger partial charge on any atom is 0.143 e. The molecule has 0 fully saturated rings. The summed E-state index contributed by atoms with van der Waals surface area (Å²) >= 11 is 0. The van der Waals surface area contributed by atoms with Crippen molar-refractivity contribution in [3.63, 3.8) is 0 Å². The number of para-hydroxylation sites is 5. The Labute approximate surface area is 674 Å². The van der Waals surface area contributed by atoms with Gasteiger partial charge in [0.15, 0.2) is 0 Å². The lowest BCUT2D eigenvalue weighted by Gasteiger charge is -2.18. The van der Waals surface area contributed by atoms with Gasteiger partial charge in [-0.05, 0) is 207 Å². The first-order valence-electron chi connectivity index (χ1n) is 40.2. The van der Waals surface area contributed by atoms with Crippen molar-refractivity contribution in [3.8, 4) is 77.9 Å². The molecule has 0 bridgehead atoms. The van der Waals surface area contributed by atoms with Gasteiger partial charge in [0.2, 0.25) is 0 Å². The average molecular weight is 1490 g/mol. The van der Waals surface area contributed by atoms with E-state index in [4.69, 9.17) is 13.3 Å². The summed E-state index contributed by atoms with van der Waals surface area (Å²) in [6, 6.07) is 153. The van der Waals surface area contributed by atoms with Crippen LogP contribution in [0.4, 0.5) is 0 Å². The van der Waals surface area contributed by atoms with E-state index in [1.54, 1.807) is 0 Å². The van der Waals surface area contributed by atoms with Crippen LogP contribution in [0.3, 0.4) is 0 Å². The maximum atomic E-state index is 6.50. The van der Waals surface area contributed by atoms with Crippen molar-refractivity contribution in [1.82, 2.24) is 0 Å². The normalized spacial score (nSPS) is 11.8. The van der Waals surface area contributed by atoms with Gasteiger partial charge in [-0.25, -0.2) is 0 Å². The molecule has 0 amide bonds. The number of rotatable bonds is 7. The summed E-state index contributed by atoms with van der Waals surface area (Å²) in [6.45, 7) is 0. The van der Waals surface area contributed by atoms with E-state index in [1.165, 1.54) is 158 Å². The van der Waals surface area contributed by atoms with E-state index in [0.717, 1.165) is 82.5 Å². The fraction of sp³-hybridized carbons (Fsp3) is 0. The van der Waals surface area contributed by atoms with Crippen LogP contribution in [-0.4, -0.2) is 0 Å². The monoisotopic (exact) mass is 1490 g/mol. The lowest BCUT2D eigenvalue weighted by Crippen LogP contribution is -1.91. The van der Waals surface area contributed by atoms with Crippen molar-refractivity contribution in [3.05, 3.63) is 425 Å². The van der Waals surface area contributed by atoms with Crippen LogP contribution in [0.2, 0.25) is 0 Å². The molecule has 0 N–H and O–H groups in total. The second-order valence-electron chi connectivity index (χ2n) is 30.7. The predicted molar refractivity (Wildman–Crippen MR) is 497 cm³/mol. The molecule has 3 aromatic heterocycles. The average Bonchev–Trinajstić information content (AvgIpc) is 1.49. The number of hydrogen-bond donors (Lipinski definition) is 0. The van der Waals surface area contributed by atoms with E-state index < -0.39 is 0 Å². The van der Waals surface area contributed by atoms with E-state index in [-0.39, 0.29) is 0 Å². The molecular weight excluding hydrogens is 1420 g/mol. The zero-order chi connectivity index (χ0) is 77.0. The summed E-state index contributed by atoms with van der Waals surface area (Å²) in [7, 11) is 0. The third kappa shape index (κ3) is 11.3. The smallest absolute Gasteiger partial charge is 0.143 e. The molecule has 117 heavy (non-hydrogen) atoms. The van der Waals surface area contributed by atoms with Crippen LogP contribution in [0, 0.1) is 0 Å². The molecule has 22 aromatic carbocycles.